The van der Waals surface area contributed by atoms with E-state index >= 15 is 0 Å². The molecule has 0 N–H and O–H groups in total. The van der Waals surface area contributed by atoms with Gasteiger partial charge in [-0.2, -0.15) is 0 Å². The Kier molecular flexibility index (Phi) is 4.87. The lowest BCUT2D eigenvalue weighted by molar-refractivity contribution is 0.447. The van der Waals surface area contributed by atoms with Gasteiger partial charge in [-0.15, -0.1) is 0 Å². The summed E-state index contributed by atoms with van der Waals surface area (Å²) in [5.74, 6) is 0. The molecule has 1 aromatic rings. The van der Waals surface area contributed by atoms with Gasteiger partial charge in [-0.25, -0.2) is 0 Å². The van der Waals surface area contributed by atoms with Crippen LogP contribution >= 0.6 is 15.9 Å². The lowest BCUT2D eigenvalue weighted by Crippen LogP contribution is -2.18. The van der Waals surface area contributed by atoms with E-state index in [0.29, 0.717) is 0 Å². The molecule has 1 aromatic carbocycles. The predicted octanol–water partition coefficient (Wildman–Crippen LogP) is 7.18. The third-order valence-corrected chi connectivity index (χ3v) is 4.72. The van der Waals surface area contributed by atoms with Gasteiger partial charge in [0, 0.05) is 4.47 Å². The summed E-state index contributed by atoms with van der Waals surface area (Å²) in [4.78, 5) is 0. The second-order valence-corrected chi connectivity index (χ2v) is 9.13. The standard InChI is InChI=1S/C21H27Br/c1-20(2,3)17-12-16(13-18(14-17)21(4,5)6)11-15-7-9-19(22)10-8-15/h7-13H,14H2,1-6H3. The molecule has 0 spiro atoms. The predicted molar refractivity (Wildman–Crippen MR) is 102 cm³/mol. The van der Waals surface area contributed by atoms with Gasteiger partial charge in [0.15, 0.2) is 0 Å². The Morgan fingerprint density at radius 1 is 0.818 bits per heavy atom. The average Bonchev–Trinajstić information content (AvgIpc) is 2.39. The first-order valence-electron chi connectivity index (χ1n) is 7.95. The normalized spacial score (nSPS) is 16.2. The largest absolute Gasteiger partial charge is 0.0602 e. The molecule has 0 bridgehead atoms. The molecule has 0 saturated carbocycles. The van der Waals surface area contributed by atoms with Crippen molar-refractivity contribution < 1.29 is 0 Å². The fourth-order valence-electron chi connectivity index (χ4n) is 2.55. The smallest absolute Gasteiger partial charge is 0.0175 e. The van der Waals surface area contributed by atoms with Crippen LogP contribution in [-0.2, 0) is 0 Å². The first-order chi connectivity index (χ1) is 10.1. The molecule has 118 valence electrons. The van der Waals surface area contributed by atoms with Gasteiger partial charge in [-0.1, -0.05) is 92.9 Å². The molecule has 0 unspecified atom stereocenters. The summed E-state index contributed by atoms with van der Waals surface area (Å²) in [5.41, 5.74) is 6.01. The number of hydrogen-bond donors (Lipinski definition) is 0. The van der Waals surface area contributed by atoms with Crippen molar-refractivity contribution >= 4 is 22.0 Å². The minimum absolute atomic E-state index is 0.212. The highest BCUT2D eigenvalue weighted by Gasteiger charge is 2.26. The molecule has 0 amide bonds. The molecule has 0 saturated heterocycles. The summed E-state index contributed by atoms with van der Waals surface area (Å²) in [7, 11) is 0. The van der Waals surface area contributed by atoms with Crippen LogP contribution in [0.5, 0.6) is 0 Å². The molecule has 0 fully saturated rings. The van der Waals surface area contributed by atoms with Gasteiger partial charge in [-0.3, -0.25) is 0 Å². The maximum Gasteiger partial charge on any atom is 0.0175 e. The van der Waals surface area contributed by atoms with Crippen molar-refractivity contribution in [1.82, 2.24) is 0 Å². The van der Waals surface area contributed by atoms with Crippen molar-refractivity contribution in [3.63, 3.8) is 0 Å². The minimum atomic E-state index is 0.212. The molecule has 22 heavy (non-hydrogen) atoms. The van der Waals surface area contributed by atoms with Crippen molar-refractivity contribution in [2.75, 3.05) is 0 Å². The second kappa shape index (κ2) is 6.20. The molecule has 0 aliphatic heterocycles. The van der Waals surface area contributed by atoms with Gasteiger partial charge in [0.1, 0.15) is 0 Å². The molecule has 0 heterocycles. The van der Waals surface area contributed by atoms with Crippen LogP contribution in [0, 0.1) is 10.8 Å². The zero-order valence-electron chi connectivity index (χ0n) is 14.6. The molecule has 1 aliphatic carbocycles. The van der Waals surface area contributed by atoms with E-state index in [1.807, 2.05) is 0 Å². The van der Waals surface area contributed by atoms with Crippen LogP contribution in [0.4, 0.5) is 0 Å². The van der Waals surface area contributed by atoms with Crippen molar-refractivity contribution in [3.05, 3.63) is 63.2 Å². The monoisotopic (exact) mass is 358 g/mol. The molecule has 1 aliphatic rings. The van der Waals surface area contributed by atoms with Gasteiger partial charge in [0.25, 0.3) is 0 Å². The summed E-state index contributed by atoms with van der Waals surface area (Å²) in [6.45, 7) is 13.8. The number of halogens is 1. The highest BCUT2D eigenvalue weighted by atomic mass is 79.9. The van der Waals surface area contributed by atoms with E-state index in [2.05, 4.69) is 100.0 Å². The molecule has 2 rings (SSSR count). The van der Waals surface area contributed by atoms with E-state index in [9.17, 15) is 0 Å². The third kappa shape index (κ3) is 4.46. The Bertz CT molecular complexity index is 594. The van der Waals surface area contributed by atoms with Gasteiger partial charge >= 0.3 is 0 Å². The summed E-state index contributed by atoms with van der Waals surface area (Å²) in [6, 6.07) is 8.50. The van der Waals surface area contributed by atoms with E-state index < -0.39 is 0 Å². The first kappa shape index (κ1) is 17.3. The van der Waals surface area contributed by atoms with Gasteiger partial charge in [0.05, 0.1) is 0 Å². The maximum atomic E-state index is 3.50. The Morgan fingerprint density at radius 2 is 1.27 bits per heavy atom. The van der Waals surface area contributed by atoms with Crippen molar-refractivity contribution in [2.45, 2.75) is 48.0 Å². The van der Waals surface area contributed by atoms with E-state index in [1.165, 1.54) is 22.3 Å². The third-order valence-electron chi connectivity index (χ3n) is 4.19. The van der Waals surface area contributed by atoms with Crippen molar-refractivity contribution in [3.8, 4) is 0 Å². The minimum Gasteiger partial charge on any atom is -0.0602 e. The molecule has 1 heteroatoms. The van der Waals surface area contributed by atoms with Crippen LogP contribution in [0.2, 0.25) is 0 Å². The SMILES string of the molecule is CC(C)(C)C1=CC(=Cc2ccc(Br)cc2)C=C(C(C)(C)C)C1. The molecule has 0 nitrogen and oxygen atoms in total. The number of benzene rings is 1. The summed E-state index contributed by atoms with van der Waals surface area (Å²) >= 11 is 3.50. The van der Waals surface area contributed by atoms with Crippen molar-refractivity contribution in [1.29, 1.82) is 0 Å². The van der Waals surface area contributed by atoms with Crippen LogP contribution in [0.3, 0.4) is 0 Å². The molecular weight excluding hydrogens is 332 g/mol. The Labute approximate surface area is 144 Å². The van der Waals surface area contributed by atoms with Crippen LogP contribution in [-0.4, -0.2) is 0 Å². The average molecular weight is 359 g/mol. The Morgan fingerprint density at radius 3 is 1.68 bits per heavy atom. The zero-order valence-corrected chi connectivity index (χ0v) is 16.2. The number of hydrogen-bond acceptors (Lipinski definition) is 0. The summed E-state index contributed by atoms with van der Waals surface area (Å²) in [6.07, 6.45) is 8.11. The maximum absolute atomic E-state index is 3.50. The fraction of sp³-hybridized carbons (Fsp3) is 0.429. The van der Waals surface area contributed by atoms with Crippen LogP contribution in [0.25, 0.3) is 6.08 Å². The van der Waals surface area contributed by atoms with Crippen LogP contribution in [0.15, 0.2) is 57.6 Å². The van der Waals surface area contributed by atoms with E-state index in [1.54, 1.807) is 0 Å². The lowest BCUT2D eigenvalue weighted by atomic mass is 9.72. The molecule has 0 aromatic heterocycles. The fourth-order valence-corrected chi connectivity index (χ4v) is 2.81. The molecule has 0 radical (unpaired) electrons. The van der Waals surface area contributed by atoms with Gasteiger partial charge < -0.3 is 0 Å². The summed E-state index contributed by atoms with van der Waals surface area (Å²) < 4.78 is 1.12. The first-order valence-corrected chi connectivity index (χ1v) is 8.74. The zero-order chi connectivity index (χ0) is 16.5. The Balaban J connectivity index is 2.45. The number of allylic oxidation sites excluding steroid dienone is 5. The van der Waals surface area contributed by atoms with E-state index in [0.717, 1.165) is 10.9 Å². The highest BCUT2D eigenvalue weighted by molar-refractivity contribution is 9.10. The molecule has 0 atom stereocenters. The highest BCUT2D eigenvalue weighted by Crippen LogP contribution is 2.41. The topological polar surface area (TPSA) is 0 Å². The second-order valence-electron chi connectivity index (χ2n) is 8.21. The van der Waals surface area contributed by atoms with Gasteiger partial charge in [-0.05, 0) is 46.6 Å². The van der Waals surface area contributed by atoms with Crippen LogP contribution < -0.4 is 0 Å². The lowest BCUT2D eigenvalue weighted by Gasteiger charge is -2.33. The van der Waals surface area contributed by atoms with Crippen LogP contribution in [0.1, 0.15) is 53.5 Å². The quantitative estimate of drug-likeness (QED) is 0.498. The van der Waals surface area contributed by atoms with E-state index in [-0.39, 0.29) is 10.8 Å². The Hall–Kier alpha value is -1.08. The van der Waals surface area contributed by atoms with Crippen molar-refractivity contribution in [2.24, 2.45) is 10.8 Å². The number of rotatable bonds is 1. The van der Waals surface area contributed by atoms with E-state index in [4.69, 9.17) is 0 Å². The van der Waals surface area contributed by atoms with Gasteiger partial charge in [0.2, 0.25) is 0 Å². The molecular formula is C21H27Br. The summed E-state index contributed by atoms with van der Waals surface area (Å²) in [5, 5.41) is 0.